The van der Waals surface area contributed by atoms with Crippen LogP contribution in [0, 0.1) is 6.92 Å². The van der Waals surface area contributed by atoms with Gasteiger partial charge in [0.25, 0.3) is 0 Å². The van der Waals surface area contributed by atoms with Crippen LogP contribution in [0.4, 0.5) is 0 Å². The van der Waals surface area contributed by atoms with E-state index in [4.69, 9.17) is 0 Å². The number of aryl methyl sites for hydroxylation is 1. The maximum absolute atomic E-state index is 2.37. The quantitative estimate of drug-likeness (QED) is 0.229. The van der Waals surface area contributed by atoms with Crippen LogP contribution in [0.1, 0.15) is 5.56 Å². The molecule has 182 valence electrons. The topological polar surface area (TPSA) is 0 Å². The first-order chi connectivity index (χ1) is 19.3. The lowest BCUT2D eigenvalue weighted by atomic mass is 9.82. The third-order valence-electron chi connectivity index (χ3n) is 8.33. The summed E-state index contributed by atoms with van der Waals surface area (Å²) in [6.07, 6.45) is 0. The minimum atomic E-state index is 1.26. The van der Waals surface area contributed by atoms with Crippen LogP contribution in [-0.4, -0.2) is 0 Å². The Kier molecular flexibility index (Phi) is 4.84. The summed E-state index contributed by atoms with van der Waals surface area (Å²) in [7, 11) is 0. The lowest BCUT2D eigenvalue weighted by molar-refractivity contribution is 1.53. The zero-order valence-electron chi connectivity index (χ0n) is 21.8. The second-order valence-electron chi connectivity index (χ2n) is 10.5. The molecule has 0 heterocycles. The van der Waals surface area contributed by atoms with Crippen molar-refractivity contribution in [3.05, 3.63) is 145 Å². The molecule has 0 aliphatic heterocycles. The Morgan fingerprint density at radius 2 is 0.718 bits per heavy atom. The van der Waals surface area contributed by atoms with Gasteiger partial charge < -0.3 is 0 Å². The first-order valence-corrected chi connectivity index (χ1v) is 13.6. The molecule has 1 aliphatic rings. The maximum atomic E-state index is 2.37. The van der Waals surface area contributed by atoms with Crippen LogP contribution in [-0.2, 0) is 0 Å². The van der Waals surface area contributed by atoms with E-state index < -0.39 is 0 Å². The van der Waals surface area contributed by atoms with E-state index in [0.29, 0.717) is 0 Å². The Morgan fingerprint density at radius 3 is 1.23 bits per heavy atom. The zero-order valence-corrected chi connectivity index (χ0v) is 21.8. The molecule has 0 spiro atoms. The van der Waals surface area contributed by atoms with Crippen molar-refractivity contribution < 1.29 is 0 Å². The Balaban J connectivity index is 1.61. The Labute approximate surface area is 228 Å². The first-order valence-electron chi connectivity index (χ1n) is 13.6. The minimum Gasteiger partial charge on any atom is -0.0622 e. The highest BCUT2D eigenvalue weighted by Gasteiger charge is 2.31. The van der Waals surface area contributed by atoms with Crippen molar-refractivity contribution in [2.45, 2.75) is 6.92 Å². The average molecular weight is 495 g/mol. The molecule has 7 aromatic carbocycles. The predicted octanol–water partition coefficient (Wildman–Crippen LogP) is 10.9. The molecule has 0 bridgehead atoms. The van der Waals surface area contributed by atoms with E-state index >= 15 is 0 Å². The average Bonchev–Trinajstić information content (AvgIpc) is 3.33. The van der Waals surface area contributed by atoms with Crippen molar-refractivity contribution in [3.8, 4) is 55.6 Å². The van der Waals surface area contributed by atoms with Crippen molar-refractivity contribution >= 4 is 21.5 Å². The lowest BCUT2D eigenvalue weighted by Gasteiger charge is -2.20. The number of fused-ring (bicyclic) bond motifs is 4. The highest BCUT2D eigenvalue weighted by Crippen LogP contribution is 2.58. The van der Waals surface area contributed by atoms with Gasteiger partial charge >= 0.3 is 0 Å². The second kappa shape index (κ2) is 8.55. The molecule has 0 saturated heterocycles. The number of benzene rings is 7. The lowest BCUT2D eigenvalue weighted by Crippen LogP contribution is -1.93. The molecule has 8 rings (SSSR count). The molecule has 0 atom stereocenters. The van der Waals surface area contributed by atoms with Crippen LogP contribution in [0.2, 0.25) is 0 Å². The summed E-state index contributed by atoms with van der Waals surface area (Å²) in [6, 6.07) is 51.0. The maximum Gasteiger partial charge on any atom is -0.000741 e. The number of hydrogen-bond acceptors (Lipinski definition) is 0. The van der Waals surface area contributed by atoms with E-state index in [0.717, 1.165) is 0 Å². The summed E-state index contributed by atoms with van der Waals surface area (Å²) in [5, 5.41) is 5.32. The van der Waals surface area contributed by atoms with Gasteiger partial charge in [-0.15, -0.1) is 0 Å². The van der Waals surface area contributed by atoms with Crippen LogP contribution in [0.25, 0.3) is 77.2 Å². The van der Waals surface area contributed by atoms with Gasteiger partial charge in [-0.25, -0.2) is 0 Å². The van der Waals surface area contributed by atoms with Crippen molar-refractivity contribution in [2.24, 2.45) is 0 Å². The van der Waals surface area contributed by atoms with Crippen LogP contribution in [0.3, 0.4) is 0 Å². The highest BCUT2D eigenvalue weighted by molar-refractivity contribution is 6.29. The smallest absolute Gasteiger partial charge is 0.000741 e. The fraction of sp³-hybridized carbons (Fsp3) is 0.0256. The molecule has 0 aromatic heterocycles. The molecule has 39 heavy (non-hydrogen) atoms. The molecule has 1 aliphatic carbocycles. The van der Waals surface area contributed by atoms with Crippen LogP contribution in [0.5, 0.6) is 0 Å². The zero-order chi connectivity index (χ0) is 25.9. The monoisotopic (exact) mass is 494 g/mol. The summed E-state index contributed by atoms with van der Waals surface area (Å²) in [5.41, 5.74) is 14.4. The van der Waals surface area contributed by atoms with E-state index in [2.05, 4.69) is 146 Å². The third kappa shape index (κ3) is 3.19. The Morgan fingerprint density at radius 1 is 0.308 bits per heavy atom. The van der Waals surface area contributed by atoms with Crippen LogP contribution >= 0.6 is 0 Å². The summed E-state index contributed by atoms with van der Waals surface area (Å²) in [4.78, 5) is 0. The molecular formula is C39H26. The minimum absolute atomic E-state index is 1.26. The number of rotatable bonds is 3. The van der Waals surface area contributed by atoms with Crippen molar-refractivity contribution in [3.63, 3.8) is 0 Å². The summed E-state index contributed by atoms with van der Waals surface area (Å²) in [6.45, 7) is 2.25. The SMILES string of the molecule is Cc1ccc2c3c(ccc(-c4ccccc4)c13)-c1c-2c(-c2ccccc2)c2ccccc2c1-c1ccccc1. The number of hydrogen-bond donors (Lipinski definition) is 0. The molecule has 0 N–H and O–H groups in total. The van der Waals surface area contributed by atoms with Gasteiger partial charge in [0, 0.05) is 0 Å². The molecule has 0 radical (unpaired) electrons. The molecule has 0 nitrogen and oxygen atoms in total. The van der Waals surface area contributed by atoms with Gasteiger partial charge in [-0.2, -0.15) is 0 Å². The van der Waals surface area contributed by atoms with Gasteiger partial charge in [0.05, 0.1) is 0 Å². The third-order valence-corrected chi connectivity index (χ3v) is 8.33. The van der Waals surface area contributed by atoms with Crippen molar-refractivity contribution in [1.82, 2.24) is 0 Å². The molecule has 0 saturated carbocycles. The molecule has 0 unspecified atom stereocenters. The molecular weight excluding hydrogens is 468 g/mol. The molecule has 0 heteroatoms. The van der Waals surface area contributed by atoms with Gasteiger partial charge in [-0.05, 0) is 89.7 Å². The Bertz CT molecular complexity index is 1940. The van der Waals surface area contributed by atoms with E-state index in [1.165, 1.54) is 82.7 Å². The van der Waals surface area contributed by atoms with Gasteiger partial charge in [0.2, 0.25) is 0 Å². The molecule has 7 aromatic rings. The van der Waals surface area contributed by atoms with Crippen molar-refractivity contribution in [1.29, 1.82) is 0 Å². The fourth-order valence-electron chi connectivity index (χ4n) is 6.73. The van der Waals surface area contributed by atoms with Gasteiger partial charge in [0.1, 0.15) is 0 Å². The van der Waals surface area contributed by atoms with E-state index in [1.807, 2.05) is 0 Å². The van der Waals surface area contributed by atoms with E-state index in [9.17, 15) is 0 Å². The predicted molar refractivity (Wildman–Crippen MR) is 167 cm³/mol. The van der Waals surface area contributed by atoms with Crippen LogP contribution < -0.4 is 0 Å². The van der Waals surface area contributed by atoms with E-state index in [-0.39, 0.29) is 0 Å². The van der Waals surface area contributed by atoms with Crippen molar-refractivity contribution in [2.75, 3.05) is 0 Å². The summed E-state index contributed by atoms with van der Waals surface area (Å²) >= 11 is 0. The molecule has 0 amide bonds. The van der Waals surface area contributed by atoms with Gasteiger partial charge in [-0.1, -0.05) is 140 Å². The van der Waals surface area contributed by atoms with Gasteiger partial charge in [-0.3, -0.25) is 0 Å². The van der Waals surface area contributed by atoms with Gasteiger partial charge in [0.15, 0.2) is 0 Å². The van der Waals surface area contributed by atoms with Crippen LogP contribution in [0.15, 0.2) is 140 Å². The largest absolute Gasteiger partial charge is 0.0622 e. The second-order valence-corrected chi connectivity index (χ2v) is 10.5. The molecule has 0 fully saturated rings. The highest BCUT2D eigenvalue weighted by atomic mass is 14.3. The van der Waals surface area contributed by atoms with E-state index in [1.54, 1.807) is 0 Å². The standard InChI is InChI=1S/C39H26/c1-25-21-22-32-37-33(24-23-29(34(25)37)26-13-5-2-6-14-26)39-36(28-17-9-4-10-18-28)31-20-12-11-19-30(31)35(38(32)39)27-15-7-3-8-16-27/h2-24H,1H3. The summed E-state index contributed by atoms with van der Waals surface area (Å²) < 4.78 is 0. The first kappa shape index (κ1) is 22.1. The normalized spacial score (nSPS) is 11.7. The fourth-order valence-corrected chi connectivity index (χ4v) is 6.73. The summed E-state index contributed by atoms with van der Waals surface area (Å²) in [5.74, 6) is 0. The Hall–Kier alpha value is -4.94.